The molecule has 2 rings (SSSR count). The number of thiophene rings is 1. The third-order valence-electron chi connectivity index (χ3n) is 2.80. The highest BCUT2D eigenvalue weighted by Gasteiger charge is 2.26. The molecule has 2 heterocycles. The number of amides is 1. The van der Waals surface area contributed by atoms with E-state index in [1.165, 1.54) is 11.3 Å². The van der Waals surface area contributed by atoms with Crippen molar-refractivity contribution in [1.82, 2.24) is 10.2 Å². The lowest BCUT2D eigenvalue weighted by atomic mass is 10.1. The molecule has 1 aromatic heterocycles. The molecule has 1 atom stereocenters. The molecule has 0 aliphatic carbocycles. The lowest BCUT2D eigenvalue weighted by Crippen LogP contribution is -2.29. The molecule has 1 aliphatic heterocycles. The molecular formula is C11H16N2OS. The van der Waals surface area contributed by atoms with Gasteiger partial charge in [-0.3, -0.25) is 4.79 Å². The summed E-state index contributed by atoms with van der Waals surface area (Å²) in [6.07, 6.45) is 1.12. The summed E-state index contributed by atoms with van der Waals surface area (Å²) in [4.78, 5) is 14.8. The van der Waals surface area contributed by atoms with Crippen LogP contribution in [0.25, 0.3) is 0 Å². The van der Waals surface area contributed by atoms with Crippen molar-refractivity contribution in [2.45, 2.75) is 6.42 Å². The Morgan fingerprint density at radius 1 is 1.73 bits per heavy atom. The van der Waals surface area contributed by atoms with Crippen molar-refractivity contribution in [3.05, 3.63) is 22.4 Å². The van der Waals surface area contributed by atoms with Gasteiger partial charge in [0.15, 0.2) is 0 Å². The Balaban J connectivity index is 1.93. The molecule has 1 fully saturated rings. The van der Waals surface area contributed by atoms with Gasteiger partial charge in [0.1, 0.15) is 0 Å². The van der Waals surface area contributed by atoms with Gasteiger partial charge in [-0.05, 0) is 37.4 Å². The maximum atomic E-state index is 12.0. The summed E-state index contributed by atoms with van der Waals surface area (Å²) >= 11 is 1.53. The van der Waals surface area contributed by atoms with Crippen molar-refractivity contribution in [3.63, 3.8) is 0 Å². The van der Waals surface area contributed by atoms with Crippen LogP contribution in [0.5, 0.6) is 0 Å². The van der Waals surface area contributed by atoms with Crippen LogP contribution in [0.4, 0.5) is 0 Å². The van der Waals surface area contributed by atoms with Gasteiger partial charge >= 0.3 is 0 Å². The van der Waals surface area contributed by atoms with Crippen LogP contribution < -0.4 is 5.32 Å². The standard InChI is InChI=1S/C11H16N2OS/c1-12-7-9-4-5-13(8-9)11(14)10-3-2-6-15-10/h2-3,6,9,12H,4-5,7-8H2,1H3. The normalized spacial score (nSPS) is 20.9. The molecule has 4 heteroatoms. The second-order valence-electron chi connectivity index (χ2n) is 3.94. The first-order chi connectivity index (χ1) is 7.31. The smallest absolute Gasteiger partial charge is 0.263 e. The molecule has 15 heavy (non-hydrogen) atoms. The zero-order valence-electron chi connectivity index (χ0n) is 8.90. The molecule has 0 bridgehead atoms. The van der Waals surface area contributed by atoms with E-state index in [0.717, 1.165) is 30.9 Å². The predicted octanol–water partition coefficient (Wildman–Crippen LogP) is 1.43. The fraction of sp³-hybridized carbons (Fsp3) is 0.545. The average Bonchev–Trinajstić information content (AvgIpc) is 2.87. The maximum absolute atomic E-state index is 12.0. The SMILES string of the molecule is CNCC1CCN(C(=O)c2cccs2)C1. The van der Waals surface area contributed by atoms with E-state index in [1.807, 2.05) is 29.5 Å². The van der Waals surface area contributed by atoms with Crippen LogP contribution in [0.2, 0.25) is 0 Å². The third-order valence-corrected chi connectivity index (χ3v) is 3.66. The van der Waals surface area contributed by atoms with Gasteiger partial charge < -0.3 is 10.2 Å². The molecule has 0 aromatic carbocycles. The van der Waals surface area contributed by atoms with E-state index < -0.39 is 0 Å². The number of carbonyl (C=O) groups is 1. The van der Waals surface area contributed by atoms with Gasteiger partial charge in [0.05, 0.1) is 4.88 Å². The number of rotatable bonds is 3. The molecule has 1 aromatic rings. The molecule has 1 saturated heterocycles. The van der Waals surface area contributed by atoms with Gasteiger partial charge in [-0.25, -0.2) is 0 Å². The van der Waals surface area contributed by atoms with Crippen LogP contribution in [0.1, 0.15) is 16.1 Å². The Morgan fingerprint density at radius 2 is 2.60 bits per heavy atom. The van der Waals surface area contributed by atoms with Gasteiger partial charge in [0, 0.05) is 13.1 Å². The number of likely N-dealkylation sites (tertiary alicyclic amines) is 1. The number of carbonyl (C=O) groups excluding carboxylic acids is 1. The topological polar surface area (TPSA) is 32.3 Å². The largest absolute Gasteiger partial charge is 0.338 e. The van der Waals surface area contributed by atoms with Gasteiger partial charge in [-0.2, -0.15) is 0 Å². The maximum Gasteiger partial charge on any atom is 0.263 e. The van der Waals surface area contributed by atoms with E-state index in [-0.39, 0.29) is 5.91 Å². The molecule has 0 radical (unpaired) electrons. The van der Waals surface area contributed by atoms with Gasteiger partial charge in [0.2, 0.25) is 0 Å². The first-order valence-electron chi connectivity index (χ1n) is 5.28. The van der Waals surface area contributed by atoms with Crippen LogP contribution in [0, 0.1) is 5.92 Å². The molecule has 0 spiro atoms. The quantitative estimate of drug-likeness (QED) is 0.842. The number of hydrogen-bond donors (Lipinski definition) is 1. The fourth-order valence-electron chi connectivity index (χ4n) is 2.03. The molecule has 82 valence electrons. The van der Waals surface area contributed by atoms with Crippen molar-refractivity contribution in [3.8, 4) is 0 Å². The van der Waals surface area contributed by atoms with E-state index in [9.17, 15) is 4.79 Å². The minimum absolute atomic E-state index is 0.198. The first kappa shape index (κ1) is 10.6. The van der Waals surface area contributed by atoms with Crippen LogP contribution >= 0.6 is 11.3 Å². The summed E-state index contributed by atoms with van der Waals surface area (Å²) in [5.41, 5.74) is 0. The van der Waals surface area contributed by atoms with E-state index in [4.69, 9.17) is 0 Å². The second-order valence-corrected chi connectivity index (χ2v) is 4.89. The molecule has 1 amide bonds. The number of nitrogens with zero attached hydrogens (tertiary/aromatic N) is 1. The Labute approximate surface area is 94.1 Å². The van der Waals surface area contributed by atoms with Gasteiger partial charge in [-0.15, -0.1) is 11.3 Å². The molecule has 1 N–H and O–H groups in total. The minimum Gasteiger partial charge on any atom is -0.338 e. The summed E-state index contributed by atoms with van der Waals surface area (Å²) < 4.78 is 0. The van der Waals surface area contributed by atoms with Crippen LogP contribution in [-0.4, -0.2) is 37.5 Å². The summed E-state index contributed by atoms with van der Waals surface area (Å²) in [6, 6.07) is 3.83. The van der Waals surface area contributed by atoms with E-state index in [2.05, 4.69) is 5.32 Å². The Bertz CT molecular complexity index is 323. The van der Waals surface area contributed by atoms with Gasteiger partial charge in [0.25, 0.3) is 5.91 Å². The summed E-state index contributed by atoms with van der Waals surface area (Å²) in [6.45, 7) is 2.81. The number of hydrogen-bond acceptors (Lipinski definition) is 3. The molecule has 0 saturated carbocycles. The summed E-state index contributed by atoms with van der Waals surface area (Å²) in [5, 5.41) is 5.12. The average molecular weight is 224 g/mol. The highest BCUT2D eigenvalue weighted by molar-refractivity contribution is 7.12. The highest BCUT2D eigenvalue weighted by atomic mass is 32.1. The second kappa shape index (κ2) is 4.77. The Morgan fingerprint density at radius 3 is 3.27 bits per heavy atom. The summed E-state index contributed by atoms with van der Waals surface area (Å²) in [7, 11) is 1.96. The van der Waals surface area contributed by atoms with Gasteiger partial charge in [-0.1, -0.05) is 6.07 Å². The van der Waals surface area contributed by atoms with E-state index >= 15 is 0 Å². The van der Waals surface area contributed by atoms with E-state index in [1.54, 1.807) is 0 Å². The van der Waals surface area contributed by atoms with Crippen molar-refractivity contribution in [1.29, 1.82) is 0 Å². The van der Waals surface area contributed by atoms with Crippen molar-refractivity contribution in [2.24, 2.45) is 5.92 Å². The summed E-state index contributed by atoms with van der Waals surface area (Å²) in [5.74, 6) is 0.822. The lowest BCUT2D eigenvalue weighted by molar-refractivity contribution is 0.0792. The third kappa shape index (κ3) is 2.38. The zero-order valence-corrected chi connectivity index (χ0v) is 9.72. The first-order valence-corrected chi connectivity index (χ1v) is 6.16. The minimum atomic E-state index is 0.198. The number of nitrogens with one attached hydrogen (secondary N) is 1. The molecule has 1 unspecified atom stereocenters. The molecule has 3 nitrogen and oxygen atoms in total. The van der Waals surface area contributed by atoms with E-state index in [0.29, 0.717) is 5.92 Å². The highest BCUT2D eigenvalue weighted by Crippen LogP contribution is 2.20. The van der Waals surface area contributed by atoms with Crippen LogP contribution in [-0.2, 0) is 0 Å². The monoisotopic (exact) mass is 224 g/mol. The fourth-order valence-corrected chi connectivity index (χ4v) is 2.72. The van der Waals surface area contributed by atoms with Crippen molar-refractivity contribution < 1.29 is 4.79 Å². The Kier molecular flexibility index (Phi) is 3.38. The zero-order chi connectivity index (χ0) is 10.7. The lowest BCUT2D eigenvalue weighted by Gasteiger charge is -2.15. The van der Waals surface area contributed by atoms with Crippen LogP contribution in [0.15, 0.2) is 17.5 Å². The predicted molar refractivity (Wildman–Crippen MR) is 62.3 cm³/mol. The van der Waals surface area contributed by atoms with Crippen molar-refractivity contribution >= 4 is 17.2 Å². The van der Waals surface area contributed by atoms with Crippen molar-refractivity contribution in [2.75, 3.05) is 26.7 Å². The molecular weight excluding hydrogens is 208 g/mol. The Hall–Kier alpha value is -0.870. The molecule has 1 aliphatic rings. The van der Waals surface area contributed by atoms with Crippen LogP contribution in [0.3, 0.4) is 0 Å².